The highest BCUT2D eigenvalue weighted by Gasteiger charge is 2.30. The molecule has 0 aliphatic carbocycles. The summed E-state index contributed by atoms with van der Waals surface area (Å²) in [5.41, 5.74) is 1.44. The van der Waals surface area contributed by atoms with Gasteiger partial charge in [0.05, 0.1) is 21.5 Å². The highest BCUT2D eigenvalue weighted by Crippen LogP contribution is 2.39. The van der Waals surface area contributed by atoms with Gasteiger partial charge in [-0.1, -0.05) is 35.6 Å². The fourth-order valence-corrected chi connectivity index (χ4v) is 4.53. The third-order valence-corrected chi connectivity index (χ3v) is 6.01. The van der Waals surface area contributed by atoms with Gasteiger partial charge in [-0.25, -0.2) is 0 Å². The standard InChI is InChI=1S/C21H19ClN2O5S2/c1-3-23-20(25)18(31-21(23)30)11-14-9-16(22)19(17(10-14)28-4-2)29-12-13-5-7-15(8-6-13)24(26)27/h5-11H,3-4,12H2,1-2H3. The molecule has 0 aromatic heterocycles. The summed E-state index contributed by atoms with van der Waals surface area (Å²) in [7, 11) is 0. The Morgan fingerprint density at radius 2 is 1.94 bits per heavy atom. The number of benzene rings is 2. The lowest BCUT2D eigenvalue weighted by Gasteiger charge is -2.15. The van der Waals surface area contributed by atoms with E-state index in [1.807, 2.05) is 13.8 Å². The van der Waals surface area contributed by atoms with Crippen LogP contribution in [0.3, 0.4) is 0 Å². The maximum absolute atomic E-state index is 12.5. The van der Waals surface area contributed by atoms with Gasteiger partial charge in [-0.2, -0.15) is 0 Å². The summed E-state index contributed by atoms with van der Waals surface area (Å²) in [6.07, 6.45) is 1.73. The molecule has 31 heavy (non-hydrogen) atoms. The molecule has 0 spiro atoms. The van der Waals surface area contributed by atoms with Gasteiger partial charge in [0.1, 0.15) is 10.9 Å². The van der Waals surface area contributed by atoms with E-state index in [1.165, 1.54) is 23.9 Å². The molecular formula is C21H19ClN2O5S2. The highest BCUT2D eigenvalue weighted by atomic mass is 35.5. The van der Waals surface area contributed by atoms with Crippen LogP contribution in [-0.4, -0.2) is 33.2 Å². The van der Waals surface area contributed by atoms with Crippen molar-refractivity contribution in [2.75, 3.05) is 13.2 Å². The van der Waals surface area contributed by atoms with Crippen molar-refractivity contribution in [3.05, 3.63) is 67.6 Å². The molecule has 1 fully saturated rings. The number of nitrogens with zero attached hydrogens (tertiary/aromatic N) is 2. The number of likely N-dealkylation sites (N-methyl/N-ethyl adjacent to an activating group) is 1. The topological polar surface area (TPSA) is 81.9 Å². The van der Waals surface area contributed by atoms with Crippen LogP contribution in [0.4, 0.5) is 5.69 Å². The molecule has 7 nitrogen and oxygen atoms in total. The molecule has 2 aromatic carbocycles. The summed E-state index contributed by atoms with van der Waals surface area (Å²) < 4.78 is 12.1. The highest BCUT2D eigenvalue weighted by molar-refractivity contribution is 8.26. The van der Waals surface area contributed by atoms with E-state index in [0.29, 0.717) is 44.5 Å². The molecule has 0 atom stereocenters. The van der Waals surface area contributed by atoms with E-state index in [1.54, 1.807) is 35.2 Å². The van der Waals surface area contributed by atoms with E-state index in [0.717, 1.165) is 5.56 Å². The van der Waals surface area contributed by atoms with Gasteiger partial charge in [0.25, 0.3) is 11.6 Å². The van der Waals surface area contributed by atoms with Crippen molar-refractivity contribution in [1.29, 1.82) is 0 Å². The average molecular weight is 479 g/mol. The van der Waals surface area contributed by atoms with E-state index in [9.17, 15) is 14.9 Å². The van der Waals surface area contributed by atoms with Crippen molar-refractivity contribution in [2.45, 2.75) is 20.5 Å². The first-order valence-electron chi connectivity index (χ1n) is 9.41. The lowest BCUT2D eigenvalue weighted by molar-refractivity contribution is -0.384. The number of nitro groups is 1. The lowest BCUT2D eigenvalue weighted by atomic mass is 10.1. The smallest absolute Gasteiger partial charge is 0.269 e. The van der Waals surface area contributed by atoms with Crippen molar-refractivity contribution < 1.29 is 19.2 Å². The normalized spacial score (nSPS) is 14.9. The van der Waals surface area contributed by atoms with Crippen LogP contribution in [0, 0.1) is 10.1 Å². The monoisotopic (exact) mass is 478 g/mol. The van der Waals surface area contributed by atoms with Gasteiger partial charge in [0.2, 0.25) is 0 Å². The number of ether oxygens (including phenoxy) is 2. The maximum Gasteiger partial charge on any atom is 0.269 e. The molecule has 1 saturated heterocycles. The predicted octanol–water partition coefficient (Wildman–Crippen LogP) is 5.45. The van der Waals surface area contributed by atoms with Crippen LogP contribution in [0.2, 0.25) is 5.02 Å². The van der Waals surface area contributed by atoms with Crippen LogP contribution in [0.5, 0.6) is 11.5 Å². The average Bonchev–Trinajstić information content (AvgIpc) is 3.00. The Labute approximate surface area is 194 Å². The zero-order valence-corrected chi connectivity index (χ0v) is 19.2. The predicted molar refractivity (Wildman–Crippen MR) is 126 cm³/mol. The van der Waals surface area contributed by atoms with Gasteiger partial charge in [-0.05, 0) is 55.3 Å². The molecular weight excluding hydrogens is 460 g/mol. The molecule has 1 aliphatic heterocycles. The minimum Gasteiger partial charge on any atom is -0.490 e. The zero-order valence-electron chi connectivity index (χ0n) is 16.8. The number of halogens is 1. The summed E-state index contributed by atoms with van der Waals surface area (Å²) in [6.45, 7) is 4.78. The summed E-state index contributed by atoms with van der Waals surface area (Å²) >= 11 is 13.0. The number of rotatable bonds is 8. The Bertz CT molecular complexity index is 1060. The van der Waals surface area contributed by atoms with Crippen molar-refractivity contribution in [2.24, 2.45) is 0 Å². The molecule has 0 unspecified atom stereocenters. The number of amides is 1. The van der Waals surface area contributed by atoms with E-state index in [2.05, 4.69) is 0 Å². The Hall–Kier alpha value is -2.62. The molecule has 1 aliphatic rings. The van der Waals surface area contributed by atoms with E-state index in [4.69, 9.17) is 33.3 Å². The zero-order chi connectivity index (χ0) is 22.5. The number of thioether (sulfide) groups is 1. The van der Waals surface area contributed by atoms with E-state index in [-0.39, 0.29) is 18.2 Å². The summed E-state index contributed by atoms with van der Waals surface area (Å²) in [5.74, 6) is 0.666. The van der Waals surface area contributed by atoms with Crippen molar-refractivity contribution in [1.82, 2.24) is 4.90 Å². The van der Waals surface area contributed by atoms with E-state index >= 15 is 0 Å². The van der Waals surface area contributed by atoms with Crippen molar-refractivity contribution in [3.63, 3.8) is 0 Å². The molecule has 2 aromatic rings. The summed E-state index contributed by atoms with van der Waals surface area (Å²) in [6, 6.07) is 9.51. The minimum absolute atomic E-state index is 0.00891. The fourth-order valence-electron chi connectivity index (χ4n) is 2.87. The van der Waals surface area contributed by atoms with Crippen LogP contribution in [0.1, 0.15) is 25.0 Å². The van der Waals surface area contributed by atoms with Crippen LogP contribution in [-0.2, 0) is 11.4 Å². The van der Waals surface area contributed by atoms with Gasteiger partial charge in [0.15, 0.2) is 11.5 Å². The Morgan fingerprint density at radius 3 is 2.52 bits per heavy atom. The van der Waals surface area contributed by atoms with Crippen LogP contribution >= 0.6 is 35.6 Å². The first-order valence-corrected chi connectivity index (χ1v) is 11.0. The SMILES string of the molecule is CCOc1cc(C=C2SC(=S)N(CC)C2=O)cc(Cl)c1OCc1ccc([N+](=O)[O-])cc1. The Kier molecular flexibility index (Phi) is 7.53. The molecule has 0 bridgehead atoms. The molecule has 0 N–H and O–H groups in total. The van der Waals surface area contributed by atoms with Gasteiger partial charge >= 0.3 is 0 Å². The van der Waals surface area contributed by atoms with Crippen molar-refractivity contribution in [3.8, 4) is 11.5 Å². The molecule has 1 amide bonds. The molecule has 10 heteroatoms. The lowest BCUT2D eigenvalue weighted by Crippen LogP contribution is -2.27. The quantitative estimate of drug-likeness (QED) is 0.216. The Morgan fingerprint density at radius 1 is 1.23 bits per heavy atom. The first-order chi connectivity index (χ1) is 14.8. The number of hydrogen-bond donors (Lipinski definition) is 0. The number of nitro benzene ring substituents is 1. The van der Waals surface area contributed by atoms with Gasteiger partial charge in [0, 0.05) is 18.7 Å². The third kappa shape index (κ3) is 5.36. The van der Waals surface area contributed by atoms with Crippen molar-refractivity contribution >= 4 is 57.6 Å². The largest absolute Gasteiger partial charge is 0.490 e. The number of thiocarbonyl (C=S) groups is 1. The maximum atomic E-state index is 12.5. The number of carbonyl (C=O) groups is 1. The van der Waals surface area contributed by atoms with Crippen LogP contribution in [0.25, 0.3) is 6.08 Å². The molecule has 0 saturated carbocycles. The molecule has 3 rings (SSSR count). The number of carbonyl (C=O) groups excluding carboxylic acids is 1. The van der Waals surface area contributed by atoms with E-state index < -0.39 is 4.92 Å². The van der Waals surface area contributed by atoms with Gasteiger partial charge in [-0.3, -0.25) is 19.8 Å². The second kappa shape index (κ2) is 10.1. The fraction of sp³-hybridized carbons (Fsp3) is 0.238. The minimum atomic E-state index is -0.457. The van der Waals surface area contributed by atoms with Gasteiger partial charge in [-0.15, -0.1) is 0 Å². The molecule has 0 radical (unpaired) electrons. The van der Waals surface area contributed by atoms with Crippen LogP contribution < -0.4 is 9.47 Å². The number of hydrogen-bond acceptors (Lipinski definition) is 7. The third-order valence-electron chi connectivity index (χ3n) is 4.35. The van der Waals surface area contributed by atoms with Gasteiger partial charge < -0.3 is 9.47 Å². The molecule has 162 valence electrons. The summed E-state index contributed by atoms with van der Waals surface area (Å²) in [4.78, 5) is 24.8. The first kappa shape index (κ1) is 23.1. The second-order valence-electron chi connectivity index (χ2n) is 6.40. The second-order valence-corrected chi connectivity index (χ2v) is 8.48. The summed E-state index contributed by atoms with van der Waals surface area (Å²) in [5, 5.41) is 11.1. The molecule has 1 heterocycles. The Balaban J connectivity index is 1.83. The number of non-ortho nitro benzene ring substituents is 1. The van der Waals surface area contributed by atoms with Crippen LogP contribution in [0.15, 0.2) is 41.3 Å².